The van der Waals surface area contributed by atoms with E-state index in [-0.39, 0.29) is 5.41 Å². The Balaban J connectivity index is 1.05. The summed E-state index contributed by atoms with van der Waals surface area (Å²) in [4.78, 5) is 4.84. The van der Waals surface area contributed by atoms with E-state index in [1.807, 2.05) is 0 Å². The summed E-state index contributed by atoms with van der Waals surface area (Å²) in [7, 11) is 0. The van der Waals surface area contributed by atoms with Crippen LogP contribution in [0.2, 0.25) is 0 Å². The van der Waals surface area contributed by atoms with Crippen LogP contribution < -0.4 is 9.80 Å². The van der Waals surface area contributed by atoms with Crippen LogP contribution in [0.5, 0.6) is 0 Å². The van der Waals surface area contributed by atoms with Crippen LogP contribution in [0.15, 0.2) is 255 Å². The summed E-state index contributed by atoms with van der Waals surface area (Å²) < 4.78 is 0. The molecule has 2 heteroatoms. The van der Waals surface area contributed by atoms with Crippen molar-refractivity contribution in [3.8, 4) is 33.4 Å². The number of rotatable bonds is 9. The molecule has 2 nitrogen and oxygen atoms in total. The van der Waals surface area contributed by atoms with Crippen molar-refractivity contribution in [2.24, 2.45) is 0 Å². The molecular formula is C64H48N2. The summed E-state index contributed by atoms with van der Waals surface area (Å²) in [6.45, 7) is 4.71. The van der Waals surface area contributed by atoms with Crippen molar-refractivity contribution in [2.75, 3.05) is 9.80 Å². The Morgan fingerprint density at radius 2 is 0.652 bits per heavy atom. The largest absolute Gasteiger partial charge is 0.310 e. The monoisotopic (exact) mass is 844 g/mol. The Morgan fingerprint density at radius 1 is 0.258 bits per heavy atom. The standard InChI is InChI=1S/C64H48N2/c1-63(2)59-33-15-12-30-55(59)58-41-40-54(44-62(58)63)65(49-25-10-5-11-26-49)52-28-19-29-53(43-52)66(50-38-36-46(37-39-50)45-20-6-3-7-21-45)51-27-18-24-48(42-51)64(47-22-8-4-9-23-47)60-34-16-13-31-56(60)57-32-14-17-35-61(57)64/h3-44H,1-2H3. The van der Waals surface area contributed by atoms with Gasteiger partial charge in [0.1, 0.15) is 0 Å². The van der Waals surface area contributed by atoms with Crippen LogP contribution >= 0.6 is 0 Å². The Morgan fingerprint density at radius 3 is 1.27 bits per heavy atom. The highest BCUT2D eigenvalue weighted by atomic mass is 15.2. The van der Waals surface area contributed by atoms with Gasteiger partial charge >= 0.3 is 0 Å². The molecule has 0 N–H and O–H groups in total. The fourth-order valence-corrected chi connectivity index (χ4v) is 11.1. The molecule has 0 radical (unpaired) electrons. The van der Waals surface area contributed by atoms with Gasteiger partial charge in [-0.2, -0.15) is 0 Å². The molecule has 0 aromatic heterocycles. The molecule has 0 spiro atoms. The maximum absolute atomic E-state index is 2.43. The molecule has 314 valence electrons. The lowest BCUT2D eigenvalue weighted by molar-refractivity contribution is 0.660. The maximum atomic E-state index is 2.43. The van der Waals surface area contributed by atoms with Crippen molar-refractivity contribution in [1.82, 2.24) is 0 Å². The Kier molecular flexibility index (Phi) is 9.43. The van der Waals surface area contributed by atoms with E-state index in [1.54, 1.807) is 0 Å². The number of anilines is 6. The summed E-state index contributed by atoms with van der Waals surface area (Å²) >= 11 is 0. The maximum Gasteiger partial charge on any atom is 0.0714 e. The Bertz CT molecular complexity index is 3340. The van der Waals surface area contributed by atoms with Gasteiger partial charge in [-0.15, -0.1) is 0 Å². The minimum atomic E-state index is -0.528. The molecule has 2 aliphatic rings. The summed E-state index contributed by atoms with van der Waals surface area (Å²) in [5.41, 5.74) is 21.2. The van der Waals surface area contributed by atoms with E-state index in [0.717, 1.165) is 34.1 Å². The third kappa shape index (κ3) is 6.25. The molecule has 0 atom stereocenters. The van der Waals surface area contributed by atoms with Crippen molar-refractivity contribution in [3.63, 3.8) is 0 Å². The molecule has 0 saturated heterocycles. The zero-order valence-corrected chi connectivity index (χ0v) is 37.1. The highest BCUT2D eigenvalue weighted by Crippen LogP contribution is 2.57. The molecule has 10 aromatic rings. The second-order valence-corrected chi connectivity index (χ2v) is 18.1. The molecule has 0 bridgehead atoms. The van der Waals surface area contributed by atoms with E-state index in [1.165, 1.54) is 66.8 Å². The highest BCUT2D eigenvalue weighted by Gasteiger charge is 2.46. The van der Waals surface area contributed by atoms with Gasteiger partial charge in [-0.25, -0.2) is 0 Å². The van der Waals surface area contributed by atoms with Gasteiger partial charge in [0.25, 0.3) is 0 Å². The number of hydrogen-bond acceptors (Lipinski definition) is 2. The van der Waals surface area contributed by atoms with E-state index >= 15 is 0 Å². The fraction of sp³-hybridized carbons (Fsp3) is 0.0625. The van der Waals surface area contributed by atoms with Crippen molar-refractivity contribution in [1.29, 1.82) is 0 Å². The number of para-hydroxylation sites is 1. The number of fused-ring (bicyclic) bond motifs is 6. The minimum absolute atomic E-state index is 0.128. The quantitative estimate of drug-likeness (QED) is 0.143. The smallest absolute Gasteiger partial charge is 0.0714 e. The third-order valence-electron chi connectivity index (χ3n) is 14.1. The second kappa shape index (κ2) is 15.8. The molecule has 66 heavy (non-hydrogen) atoms. The summed E-state index contributed by atoms with van der Waals surface area (Å²) in [6, 6.07) is 93.7. The predicted octanol–water partition coefficient (Wildman–Crippen LogP) is 17.0. The van der Waals surface area contributed by atoms with Gasteiger partial charge in [0, 0.05) is 39.5 Å². The van der Waals surface area contributed by atoms with E-state index in [0.29, 0.717) is 0 Å². The molecule has 0 saturated carbocycles. The highest BCUT2D eigenvalue weighted by molar-refractivity contribution is 5.90. The van der Waals surface area contributed by atoms with E-state index in [4.69, 9.17) is 0 Å². The SMILES string of the molecule is CC1(C)c2ccccc2-c2ccc(N(c3ccccc3)c3cccc(N(c4ccc(-c5ccccc5)cc4)c4cccc(C5(c6ccccc6)c6ccccc6-c6ccccc65)c4)c3)cc21. The average Bonchev–Trinajstić information content (AvgIpc) is 3.81. The lowest BCUT2D eigenvalue weighted by atomic mass is 9.67. The molecular weight excluding hydrogens is 797 g/mol. The summed E-state index contributed by atoms with van der Waals surface area (Å²) in [5, 5.41) is 0. The van der Waals surface area contributed by atoms with E-state index < -0.39 is 5.41 Å². The summed E-state index contributed by atoms with van der Waals surface area (Å²) in [5.74, 6) is 0. The average molecular weight is 845 g/mol. The van der Waals surface area contributed by atoms with Gasteiger partial charge < -0.3 is 9.80 Å². The minimum Gasteiger partial charge on any atom is -0.310 e. The number of nitrogens with zero attached hydrogens (tertiary/aromatic N) is 2. The summed E-state index contributed by atoms with van der Waals surface area (Å²) in [6.07, 6.45) is 0. The van der Waals surface area contributed by atoms with Crippen LogP contribution in [0, 0.1) is 0 Å². The molecule has 0 unspecified atom stereocenters. The topological polar surface area (TPSA) is 6.48 Å². The van der Waals surface area contributed by atoms with Crippen molar-refractivity contribution >= 4 is 34.1 Å². The first-order valence-corrected chi connectivity index (χ1v) is 23.0. The molecule has 10 aromatic carbocycles. The van der Waals surface area contributed by atoms with Crippen LogP contribution in [0.3, 0.4) is 0 Å². The van der Waals surface area contributed by atoms with Crippen LogP contribution in [-0.4, -0.2) is 0 Å². The molecule has 2 aliphatic carbocycles. The molecule has 0 heterocycles. The first-order chi connectivity index (χ1) is 32.5. The molecule has 12 rings (SSSR count). The van der Waals surface area contributed by atoms with Crippen molar-refractivity contribution < 1.29 is 0 Å². The first kappa shape index (κ1) is 39.4. The van der Waals surface area contributed by atoms with Crippen LogP contribution in [-0.2, 0) is 10.8 Å². The second-order valence-electron chi connectivity index (χ2n) is 18.1. The Hall–Kier alpha value is -8.20. The van der Waals surface area contributed by atoms with Crippen molar-refractivity contribution in [2.45, 2.75) is 24.7 Å². The normalized spacial score (nSPS) is 13.5. The molecule has 0 fully saturated rings. The zero-order chi connectivity index (χ0) is 44.2. The zero-order valence-electron chi connectivity index (χ0n) is 37.1. The van der Waals surface area contributed by atoms with Crippen molar-refractivity contribution in [3.05, 3.63) is 288 Å². The third-order valence-corrected chi connectivity index (χ3v) is 14.1. The van der Waals surface area contributed by atoms with Gasteiger partial charge in [-0.3, -0.25) is 0 Å². The van der Waals surface area contributed by atoms with Crippen LogP contribution in [0.25, 0.3) is 33.4 Å². The van der Waals surface area contributed by atoms with Gasteiger partial charge in [-0.1, -0.05) is 202 Å². The molecule has 0 amide bonds. The number of benzene rings is 10. The van der Waals surface area contributed by atoms with Gasteiger partial charge in [0.15, 0.2) is 0 Å². The van der Waals surface area contributed by atoms with Gasteiger partial charge in [0.05, 0.1) is 5.41 Å². The number of hydrogen-bond donors (Lipinski definition) is 0. The van der Waals surface area contributed by atoms with Crippen LogP contribution in [0.4, 0.5) is 34.1 Å². The Labute approximate surface area is 388 Å². The van der Waals surface area contributed by atoms with Crippen LogP contribution in [0.1, 0.15) is 47.2 Å². The predicted molar refractivity (Wildman–Crippen MR) is 276 cm³/mol. The first-order valence-electron chi connectivity index (χ1n) is 23.0. The van der Waals surface area contributed by atoms with E-state index in [2.05, 4.69) is 278 Å². The fourth-order valence-electron chi connectivity index (χ4n) is 11.1. The lowest BCUT2D eigenvalue weighted by Crippen LogP contribution is -2.28. The molecule has 0 aliphatic heterocycles. The van der Waals surface area contributed by atoms with E-state index in [9.17, 15) is 0 Å². The lowest BCUT2D eigenvalue weighted by Gasteiger charge is -2.35. The van der Waals surface area contributed by atoms with Gasteiger partial charge in [-0.05, 0) is 133 Å². The van der Waals surface area contributed by atoms with Gasteiger partial charge in [0.2, 0.25) is 0 Å².